The van der Waals surface area contributed by atoms with Gasteiger partial charge in [0.1, 0.15) is 0 Å². The summed E-state index contributed by atoms with van der Waals surface area (Å²) in [7, 11) is 0. The number of aliphatic hydroxyl groups is 1. The number of hydrogen-bond acceptors (Lipinski definition) is 4. The van der Waals surface area contributed by atoms with E-state index in [1.54, 1.807) is 0 Å². The van der Waals surface area contributed by atoms with Crippen molar-refractivity contribution in [1.29, 1.82) is 0 Å². The first kappa shape index (κ1) is 13.9. The molecule has 1 aliphatic rings. The molecule has 0 aliphatic carbocycles. The van der Waals surface area contributed by atoms with E-state index in [2.05, 4.69) is 10.2 Å². The van der Waals surface area contributed by atoms with Gasteiger partial charge in [-0.3, -0.25) is 0 Å². The molecule has 0 aromatic carbocycles. The maximum absolute atomic E-state index is 8.50. The van der Waals surface area contributed by atoms with E-state index in [1.807, 2.05) is 0 Å². The maximum atomic E-state index is 8.50. The van der Waals surface area contributed by atoms with Gasteiger partial charge in [-0.15, -0.1) is 0 Å². The maximum Gasteiger partial charge on any atom is 0.0697 e. The van der Waals surface area contributed by atoms with E-state index < -0.39 is 0 Å². The van der Waals surface area contributed by atoms with Crippen LogP contribution in [0, 0.1) is 0 Å². The third-order valence-electron chi connectivity index (χ3n) is 2.90. The van der Waals surface area contributed by atoms with Crippen LogP contribution in [0.25, 0.3) is 0 Å². The van der Waals surface area contributed by atoms with Crippen molar-refractivity contribution in [3.8, 4) is 0 Å². The van der Waals surface area contributed by atoms with Crippen LogP contribution in [-0.4, -0.2) is 62.6 Å². The molecule has 0 saturated carbocycles. The van der Waals surface area contributed by atoms with E-state index in [9.17, 15) is 0 Å². The average molecular weight is 230 g/mol. The number of hydrogen-bond donors (Lipinski definition) is 2. The van der Waals surface area contributed by atoms with E-state index >= 15 is 0 Å². The Hall–Kier alpha value is -0.160. The average Bonchev–Trinajstić information content (AvgIpc) is 2.80. The molecular weight excluding hydrogens is 204 g/mol. The van der Waals surface area contributed by atoms with E-state index in [1.165, 1.54) is 38.9 Å². The summed E-state index contributed by atoms with van der Waals surface area (Å²) in [4.78, 5) is 2.55. The van der Waals surface area contributed by atoms with Gasteiger partial charge in [-0.1, -0.05) is 0 Å². The highest BCUT2D eigenvalue weighted by Gasteiger charge is 2.09. The first-order valence-electron chi connectivity index (χ1n) is 6.55. The third kappa shape index (κ3) is 7.17. The van der Waals surface area contributed by atoms with Gasteiger partial charge in [-0.05, 0) is 58.4 Å². The summed E-state index contributed by atoms with van der Waals surface area (Å²) in [6, 6.07) is 0. The molecule has 1 heterocycles. The molecule has 4 heteroatoms. The molecule has 96 valence electrons. The molecule has 0 amide bonds. The molecule has 0 spiro atoms. The Morgan fingerprint density at radius 3 is 2.56 bits per heavy atom. The van der Waals surface area contributed by atoms with Crippen molar-refractivity contribution in [2.75, 3.05) is 52.5 Å². The minimum absolute atomic E-state index is 0.128. The predicted octanol–water partition coefficient (Wildman–Crippen LogP) is 0.461. The van der Waals surface area contributed by atoms with Crippen LogP contribution in [0.1, 0.15) is 25.7 Å². The van der Waals surface area contributed by atoms with Gasteiger partial charge in [-0.25, -0.2) is 0 Å². The lowest BCUT2D eigenvalue weighted by molar-refractivity contribution is 0.0907. The van der Waals surface area contributed by atoms with Crippen LogP contribution >= 0.6 is 0 Å². The molecule has 0 radical (unpaired) electrons. The van der Waals surface area contributed by atoms with Gasteiger partial charge < -0.3 is 20.1 Å². The number of aliphatic hydroxyl groups excluding tert-OH is 1. The van der Waals surface area contributed by atoms with Gasteiger partial charge in [0.25, 0.3) is 0 Å². The predicted molar refractivity (Wildman–Crippen MR) is 65.7 cm³/mol. The Balaban J connectivity index is 1.71. The lowest BCUT2D eigenvalue weighted by Gasteiger charge is -2.14. The topological polar surface area (TPSA) is 44.7 Å². The van der Waals surface area contributed by atoms with Crippen LogP contribution in [0.5, 0.6) is 0 Å². The molecule has 1 aliphatic heterocycles. The Kier molecular flexibility index (Phi) is 8.71. The van der Waals surface area contributed by atoms with Crippen LogP contribution < -0.4 is 5.32 Å². The molecular formula is C12H26N2O2. The van der Waals surface area contributed by atoms with Crippen molar-refractivity contribution >= 4 is 0 Å². The summed E-state index contributed by atoms with van der Waals surface area (Å²) in [6.45, 7) is 7.32. The number of nitrogens with one attached hydrogen (secondary N) is 1. The fourth-order valence-corrected chi connectivity index (χ4v) is 2.02. The Labute approximate surface area is 99.0 Å². The second kappa shape index (κ2) is 10.0. The van der Waals surface area contributed by atoms with Crippen LogP contribution in [0.4, 0.5) is 0 Å². The van der Waals surface area contributed by atoms with Gasteiger partial charge >= 0.3 is 0 Å². The zero-order valence-electron chi connectivity index (χ0n) is 10.3. The molecule has 2 N–H and O–H groups in total. The van der Waals surface area contributed by atoms with Crippen molar-refractivity contribution in [1.82, 2.24) is 10.2 Å². The van der Waals surface area contributed by atoms with Crippen LogP contribution in [0.15, 0.2) is 0 Å². The van der Waals surface area contributed by atoms with Gasteiger partial charge in [-0.2, -0.15) is 0 Å². The standard InChI is InChI=1S/C12H26N2O2/c15-10-12-16-11-4-6-13-5-3-9-14-7-1-2-8-14/h13,15H,1-12H2. The van der Waals surface area contributed by atoms with Gasteiger partial charge in [0.05, 0.1) is 13.2 Å². The van der Waals surface area contributed by atoms with Crippen LogP contribution in [0.3, 0.4) is 0 Å². The number of ether oxygens (including phenoxy) is 1. The fourth-order valence-electron chi connectivity index (χ4n) is 2.02. The largest absolute Gasteiger partial charge is 0.394 e. The molecule has 16 heavy (non-hydrogen) atoms. The highest BCUT2D eigenvalue weighted by molar-refractivity contribution is 4.66. The van der Waals surface area contributed by atoms with Gasteiger partial charge in [0.2, 0.25) is 0 Å². The summed E-state index contributed by atoms with van der Waals surface area (Å²) in [5.41, 5.74) is 0. The van der Waals surface area contributed by atoms with Crippen molar-refractivity contribution in [2.45, 2.75) is 25.7 Å². The van der Waals surface area contributed by atoms with Gasteiger partial charge in [0.15, 0.2) is 0 Å². The quantitative estimate of drug-likeness (QED) is 0.535. The Bertz CT molecular complexity index is 150. The van der Waals surface area contributed by atoms with E-state index in [-0.39, 0.29) is 6.61 Å². The minimum Gasteiger partial charge on any atom is -0.394 e. The summed E-state index contributed by atoms with van der Waals surface area (Å²) >= 11 is 0. The lowest BCUT2D eigenvalue weighted by Crippen LogP contribution is -2.25. The van der Waals surface area contributed by atoms with E-state index in [0.717, 1.165) is 26.1 Å². The highest BCUT2D eigenvalue weighted by Crippen LogP contribution is 2.06. The van der Waals surface area contributed by atoms with Crippen molar-refractivity contribution < 1.29 is 9.84 Å². The van der Waals surface area contributed by atoms with E-state index in [4.69, 9.17) is 9.84 Å². The van der Waals surface area contributed by atoms with E-state index in [0.29, 0.717) is 6.61 Å². The molecule has 1 fully saturated rings. The Morgan fingerprint density at radius 1 is 1.06 bits per heavy atom. The smallest absolute Gasteiger partial charge is 0.0697 e. The third-order valence-corrected chi connectivity index (χ3v) is 2.90. The molecule has 0 atom stereocenters. The normalized spacial score (nSPS) is 17.1. The molecule has 0 unspecified atom stereocenters. The summed E-state index contributed by atoms with van der Waals surface area (Å²) < 4.78 is 5.17. The first-order chi connectivity index (χ1) is 7.93. The van der Waals surface area contributed by atoms with Crippen molar-refractivity contribution in [3.63, 3.8) is 0 Å². The molecule has 1 rings (SSSR count). The molecule has 1 saturated heterocycles. The number of likely N-dealkylation sites (tertiary alicyclic amines) is 1. The zero-order chi connectivity index (χ0) is 11.5. The molecule has 4 nitrogen and oxygen atoms in total. The summed E-state index contributed by atoms with van der Waals surface area (Å²) in [6.07, 6.45) is 5.05. The molecule has 0 aromatic heterocycles. The second-order valence-corrected chi connectivity index (χ2v) is 4.34. The second-order valence-electron chi connectivity index (χ2n) is 4.34. The highest BCUT2D eigenvalue weighted by atomic mass is 16.5. The molecule has 0 aromatic rings. The molecule has 0 bridgehead atoms. The number of rotatable bonds is 10. The number of nitrogens with zero attached hydrogens (tertiary/aromatic N) is 1. The summed E-state index contributed by atoms with van der Waals surface area (Å²) in [5.74, 6) is 0. The van der Waals surface area contributed by atoms with Crippen molar-refractivity contribution in [3.05, 3.63) is 0 Å². The zero-order valence-corrected chi connectivity index (χ0v) is 10.3. The lowest BCUT2D eigenvalue weighted by atomic mass is 10.3. The van der Waals surface area contributed by atoms with Crippen LogP contribution in [-0.2, 0) is 4.74 Å². The summed E-state index contributed by atoms with van der Waals surface area (Å²) in [5, 5.41) is 11.9. The van der Waals surface area contributed by atoms with Gasteiger partial charge in [0, 0.05) is 6.61 Å². The SMILES string of the molecule is OCCOCCCNCCCN1CCCC1. The Morgan fingerprint density at radius 2 is 1.81 bits per heavy atom. The fraction of sp³-hybridized carbons (Fsp3) is 1.00. The monoisotopic (exact) mass is 230 g/mol. The van der Waals surface area contributed by atoms with Crippen molar-refractivity contribution in [2.24, 2.45) is 0 Å². The minimum atomic E-state index is 0.128. The van der Waals surface area contributed by atoms with Crippen LogP contribution in [0.2, 0.25) is 0 Å². The first-order valence-corrected chi connectivity index (χ1v) is 6.55.